The standard InChI is InChI=1S/C15H14O3/c1-18-14-9-12(11-5-3-2-4-6-11)7-8-13(14)10-15(16)17/h2-9H,10H2,1H3,(H,16,17). The smallest absolute Gasteiger partial charge is 0.307 e. The second kappa shape index (κ2) is 5.36. The van der Waals surface area contributed by atoms with Crippen LogP contribution in [-0.2, 0) is 11.2 Å². The molecule has 0 spiro atoms. The number of rotatable bonds is 4. The summed E-state index contributed by atoms with van der Waals surface area (Å²) in [4.78, 5) is 10.7. The number of methoxy groups -OCH3 is 1. The van der Waals surface area contributed by atoms with Gasteiger partial charge >= 0.3 is 5.97 Å². The molecule has 2 aromatic rings. The first-order valence-corrected chi connectivity index (χ1v) is 5.65. The lowest BCUT2D eigenvalue weighted by Crippen LogP contribution is -2.02. The van der Waals surface area contributed by atoms with E-state index in [1.807, 2.05) is 42.5 Å². The SMILES string of the molecule is COc1cc(-c2ccccc2)ccc1CC(=O)O. The Labute approximate surface area is 106 Å². The Morgan fingerprint density at radius 2 is 1.83 bits per heavy atom. The average Bonchev–Trinajstić information content (AvgIpc) is 2.39. The van der Waals surface area contributed by atoms with Crippen molar-refractivity contribution in [2.75, 3.05) is 7.11 Å². The maximum Gasteiger partial charge on any atom is 0.307 e. The van der Waals surface area contributed by atoms with Gasteiger partial charge in [-0.2, -0.15) is 0 Å². The van der Waals surface area contributed by atoms with Crippen LogP contribution in [0.3, 0.4) is 0 Å². The number of benzene rings is 2. The van der Waals surface area contributed by atoms with Crippen LogP contribution in [0.25, 0.3) is 11.1 Å². The first-order chi connectivity index (χ1) is 8.70. The Kier molecular flexibility index (Phi) is 3.63. The van der Waals surface area contributed by atoms with Crippen molar-refractivity contribution in [3.8, 4) is 16.9 Å². The second-order valence-electron chi connectivity index (χ2n) is 3.96. The molecule has 0 amide bonds. The summed E-state index contributed by atoms with van der Waals surface area (Å²) in [5, 5.41) is 8.82. The van der Waals surface area contributed by atoms with Gasteiger partial charge in [-0.15, -0.1) is 0 Å². The Bertz CT molecular complexity index is 547. The lowest BCUT2D eigenvalue weighted by atomic mass is 10.0. The lowest BCUT2D eigenvalue weighted by Gasteiger charge is -2.09. The Morgan fingerprint density at radius 1 is 1.11 bits per heavy atom. The maximum absolute atomic E-state index is 10.7. The van der Waals surface area contributed by atoms with E-state index in [1.165, 1.54) is 0 Å². The van der Waals surface area contributed by atoms with E-state index in [-0.39, 0.29) is 6.42 Å². The zero-order valence-electron chi connectivity index (χ0n) is 10.1. The molecule has 0 saturated heterocycles. The zero-order chi connectivity index (χ0) is 13.0. The first-order valence-electron chi connectivity index (χ1n) is 5.65. The molecule has 0 aromatic heterocycles. The molecule has 3 heteroatoms. The van der Waals surface area contributed by atoms with Crippen LogP contribution in [0.1, 0.15) is 5.56 Å². The highest BCUT2D eigenvalue weighted by atomic mass is 16.5. The van der Waals surface area contributed by atoms with Crippen molar-refractivity contribution in [2.24, 2.45) is 0 Å². The molecule has 1 N–H and O–H groups in total. The summed E-state index contributed by atoms with van der Waals surface area (Å²) in [7, 11) is 1.55. The molecular formula is C15H14O3. The van der Waals surface area contributed by atoms with Crippen LogP contribution in [-0.4, -0.2) is 18.2 Å². The van der Waals surface area contributed by atoms with Crippen LogP contribution in [0.15, 0.2) is 48.5 Å². The number of aliphatic carboxylic acids is 1. The van der Waals surface area contributed by atoms with Crippen molar-refractivity contribution >= 4 is 5.97 Å². The summed E-state index contributed by atoms with van der Waals surface area (Å²) in [6.45, 7) is 0. The molecule has 2 rings (SSSR count). The highest BCUT2D eigenvalue weighted by Crippen LogP contribution is 2.27. The number of hydrogen-bond acceptors (Lipinski definition) is 2. The van der Waals surface area contributed by atoms with Crippen molar-refractivity contribution in [3.05, 3.63) is 54.1 Å². The van der Waals surface area contributed by atoms with Crippen LogP contribution in [0.2, 0.25) is 0 Å². The van der Waals surface area contributed by atoms with Gasteiger partial charge in [0.25, 0.3) is 0 Å². The third kappa shape index (κ3) is 2.69. The molecule has 0 atom stereocenters. The molecule has 0 saturated carbocycles. The monoisotopic (exact) mass is 242 g/mol. The van der Waals surface area contributed by atoms with Gasteiger partial charge in [0.2, 0.25) is 0 Å². The Hall–Kier alpha value is -2.29. The summed E-state index contributed by atoms with van der Waals surface area (Å²) >= 11 is 0. The first kappa shape index (κ1) is 12.2. The topological polar surface area (TPSA) is 46.5 Å². The van der Waals surface area contributed by atoms with Crippen LogP contribution in [0, 0.1) is 0 Å². The molecule has 18 heavy (non-hydrogen) atoms. The molecule has 0 unspecified atom stereocenters. The number of carboxylic acids is 1. The van der Waals surface area contributed by atoms with E-state index in [0.717, 1.165) is 11.1 Å². The number of carbonyl (C=O) groups is 1. The number of carboxylic acid groups (broad SMARTS) is 1. The van der Waals surface area contributed by atoms with Gasteiger partial charge in [-0.3, -0.25) is 4.79 Å². The van der Waals surface area contributed by atoms with E-state index in [1.54, 1.807) is 13.2 Å². The molecule has 0 radical (unpaired) electrons. The zero-order valence-corrected chi connectivity index (χ0v) is 10.1. The van der Waals surface area contributed by atoms with Gasteiger partial charge in [0.15, 0.2) is 0 Å². The molecule has 3 nitrogen and oxygen atoms in total. The number of hydrogen-bond donors (Lipinski definition) is 1. The lowest BCUT2D eigenvalue weighted by molar-refractivity contribution is -0.136. The van der Waals surface area contributed by atoms with Crippen LogP contribution < -0.4 is 4.74 Å². The molecule has 0 heterocycles. The van der Waals surface area contributed by atoms with E-state index in [2.05, 4.69) is 0 Å². The Morgan fingerprint density at radius 3 is 2.44 bits per heavy atom. The number of ether oxygens (including phenoxy) is 1. The van der Waals surface area contributed by atoms with E-state index < -0.39 is 5.97 Å². The van der Waals surface area contributed by atoms with Gasteiger partial charge in [-0.05, 0) is 17.2 Å². The van der Waals surface area contributed by atoms with Crippen LogP contribution in [0.5, 0.6) is 5.75 Å². The minimum absolute atomic E-state index is 0.0295. The highest BCUT2D eigenvalue weighted by molar-refractivity contribution is 5.73. The molecule has 0 aliphatic heterocycles. The van der Waals surface area contributed by atoms with Crippen LogP contribution >= 0.6 is 0 Å². The molecule has 2 aromatic carbocycles. The average molecular weight is 242 g/mol. The van der Waals surface area contributed by atoms with E-state index >= 15 is 0 Å². The van der Waals surface area contributed by atoms with Crippen molar-refractivity contribution in [3.63, 3.8) is 0 Å². The molecule has 0 aliphatic carbocycles. The fourth-order valence-electron chi connectivity index (χ4n) is 1.86. The van der Waals surface area contributed by atoms with Crippen molar-refractivity contribution in [2.45, 2.75) is 6.42 Å². The summed E-state index contributed by atoms with van der Waals surface area (Å²) in [5.41, 5.74) is 2.78. The minimum Gasteiger partial charge on any atom is -0.496 e. The third-order valence-corrected chi connectivity index (χ3v) is 2.74. The largest absolute Gasteiger partial charge is 0.496 e. The van der Waals surface area contributed by atoms with Gasteiger partial charge < -0.3 is 9.84 Å². The summed E-state index contributed by atoms with van der Waals surface area (Å²) in [5.74, 6) is -0.250. The van der Waals surface area contributed by atoms with Crippen LogP contribution in [0.4, 0.5) is 0 Å². The normalized spacial score (nSPS) is 10.1. The molecule has 0 fully saturated rings. The predicted octanol–water partition coefficient (Wildman–Crippen LogP) is 2.99. The molecule has 0 bridgehead atoms. The fourth-order valence-corrected chi connectivity index (χ4v) is 1.86. The van der Waals surface area contributed by atoms with Gasteiger partial charge in [0, 0.05) is 5.56 Å². The Balaban J connectivity index is 2.39. The van der Waals surface area contributed by atoms with Gasteiger partial charge in [-0.25, -0.2) is 0 Å². The molecule has 0 aliphatic rings. The summed E-state index contributed by atoms with van der Waals surface area (Å²) in [6.07, 6.45) is -0.0295. The van der Waals surface area contributed by atoms with E-state index in [9.17, 15) is 4.79 Å². The van der Waals surface area contributed by atoms with E-state index in [0.29, 0.717) is 11.3 Å². The van der Waals surface area contributed by atoms with Crippen molar-refractivity contribution in [1.29, 1.82) is 0 Å². The predicted molar refractivity (Wildman–Crippen MR) is 69.8 cm³/mol. The van der Waals surface area contributed by atoms with E-state index in [4.69, 9.17) is 9.84 Å². The fraction of sp³-hybridized carbons (Fsp3) is 0.133. The molecule has 92 valence electrons. The van der Waals surface area contributed by atoms with Crippen molar-refractivity contribution in [1.82, 2.24) is 0 Å². The quantitative estimate of drug-likeness (QED) is 0.896. The highest BCUT2D eigenvalue weighted by Gasteiger charge is 2.09. The van der Waals surface area contributed by atoms with Gasteiger partial charge in [0.1, 0.15) is 5.75 Å². The van der Waals surface area contributed by atoms with Crippen molar-refractivity contribution < 1.29 is 14.6 Å². The minimum atomic E-state index is -0.860. The maximum atomic E-state index is 10.7. The summed E-state index contributed by atoms with van der Waals surface area (Å²) < 4.78 is 5.25. The third-order valence-electron chi connectivity index (χ3n) is 2.74. The second-order valence-corrected chi connectivity index (χ2v) is 3.96. The van der Waals surface area contributed by atoms with Gasteiger partial charge in [-0.1, -0.05) is 42.5 Å². The summed E-state index contributed by atoms with van der Waals surface area (Å²) in [6, 6.07) is 15.5. The van der Waals surface area contributed by atoms with Gasteiger partial charge in [0.05, 0.1) is 13.5 Å². The molecular weight excluding hydrogens is 228 g/mol.